The fourth-order valence-corrected chi connectivity index (χ4v) is 0.690. The Morgan fingerprint density at radius 2 is 2.15 bits per heavy atom. The van der Waals surface area contributed by atoms with Crippen LogP contribution in [0.25, 0.3) is 0 Å². The van der Waals surface area contributed by atoms with Crippen molar-refractivity contribution in [1.29, 1.82) is 0 Å². The molecule has 0 aromatic heterocycles. The van der Waals surface area contributed by atoms with Gasteiger partial charge in [-0.2, -0.15) is 0 Å². The number of hydrogen-bond acceptors (Lipinski definition) is 3. The molecule has 0 N–H and O–H groups in total. The molecule has 0 aliphatic carbocycles. The smallest absolute Gasteiger partial charge is 0.603 e. The van der Waals surface area contributed by atoms with Gasteiger partial charge < -0.3 is 14.6 Å². The molecule has 0 saturated carbocycles. The van der Waals surface area contributed by atoms with Gasteiger partial charge in [0, 0.05) is 5.75 Å². The summed E-state index contributed by atoms with van der Waals surface area (Å²) in [5, 5.41) is 10.3. The molecule has 1 rings (SSSR count). The predicted octanol–water partition coefficient (Wildman–Crippen LogP) is -6.13. The van der Waals surface area contributed by atoms with Gasteiger partial charge in [0.1, 0.15) is 0 Å². The first-order valence-corrected chi connectivity index (χ1v) is 3.01. The van der Waals surface area contributed by atoms with E-state index in [4.69, 9.17) is 4.74 Å². The van der Waals surface area contributed by atoms with Crippen molar-refractivity contribution in [2.45, 2.75) is 0 Å². The molecular weight excluding hydrogens is 158 g/mol. The maximum absolute atomic E-state index is 10.3. The van der Waals surface area contributed by atoms with Gasteiger partial charge in [0.25, 0.3) is 0 Å². The van der Waals surface area contributed by atoms with Crippen molar-refractivity contribution in [1.82, 2.24) is 0 Å². The molecule has 5 heteroatoms. The fourth-order valence-electron chi connectivity index (χ4n) is 0.690. The number of carbonyl (C=O) groups is 1. The van der Waals surface area contributed by atoms with E-state index in [9.17, 15) is 9.90 Å². The molecule has 0 atom stereocenters. The van der Waals surface area contributed by atoms with Gasteiger partial charge in [-0.1, -0.05) is 0 Å². The van der Waals surface area contributed by atoms with Gasteiger partial charge in [-0.15, -0.1) is 29.8 Å². The van der Waals surface area contributed by atoms with Crippen LogP contribution in [-0.2, 0) is 0 Å². The zero-order valence-electron chi connectivity index (χ0n) is 7.96. The van der Waals surface area contributed by atoms with Crippen molar-refractivity contribution in [3.63, 3.8) is 0 Å². The molecule has 1 aromatic carbocycles. The molecule has 0 saturated heterocycles. The van der Waals surface area contributed by atoms with Crippen LogP contribution in [0.5, 0.6) is 5.75 Å². The van der Waals surface area contributed by atoms with E-state index in [1.165, 1.54) is 19.2 Å². The van der Waals surface area contributed by atoms with Gasteiger partial charge in [0.2, 0.25) is 0 Å². The molecule has 3 nitrogen and oxygen atoms in total. The van der Waals surface area contributed by atoms with E-state index < -0.39 is 5.97 Å². The molecule has 1 aromatic rings. The second-order valence-electron chi connectivity index (χ2n) is 1.93. The van der Waals surface area contributed by atoms with Crippen LogP contribution in [0.1, 0.15) is 10.4 Å². The Hall–Kier alpha value is -0.315. The summed E-state index contributed by atoms with van der Waals surface area (Å²) in [6.45, 7) is 0. The van der Waals surface area contributed by atoms with Crippen LogP contribution < -0.4 is 47.6 Å². The summed E-state index contributed by atoms with van der Waals surface area (Å²) >= 11 is 0. The predicted molar refractivity (Wildman–Crippen MR) is 36.2 cm³/mol. The van der Waals surface area contributed by atoms with Gasteiger partial charge >= 0.3 is 37.7 Å². The quantitative estimate of drug-likeness (QED) is 0.323. The molecule has 0 heterocycles. The maximum atomic E-state index is 10.3. The van der Waals surface area contributed by atoms with E-state index in [0.717, 1.165) is 0 Å². The summed E-state index contributed by atoms with van der Waals surface area (Å²) in [5.74, 6) is -0.758. The SMILES string of the molecule is COc1cc[c-]c(C(=O)[O-])c1.[Li+].[Li+]. The van der Waals surface area contributed by atoms with Crippen LogP contribution in [0, 0.1) is 6.07 Å². The van der Waals surface area contributed by atoms with Crippen LogP contribution in [-0.4, -0.2) is 13.1 Å². The second kappa shape index (κ2) is 7.12. The normalized spacial score (nSPS) is 7.77. The summed E-state index contributed by atoms with van der Waals surface area (Å²) in [6, 6.07) is 6.95. The molecule has 58 valence electrons. The van der Waals surface area contributed by atoms with Gasteiger partial charge in [-0.25, -0.2) is 0 Å². The Balaban J connectivity index is 0. The van der Waals surface area contributed by atoms with E-state index in [1.807, 2.05) is 0 Å². The van der Waals surface area contributed by atoms with Gasteiger partial charge in [-0.3, -0.25) is 0 Å². The third kappa shape index (κ3) is 4.45. The first kappa shape index (κ1) is 15.2. The molecule has 0 aliphatic rings. The van der Waals surface area contributed by atoms with E-state index >= 15 is 0 Å². The van der Waals surface area contributed by atoms with Crippen molar-refractivity contribution in [2.75, 3.05) is 7.11 Å². The van der Waals surface area contributed by atoms with E-state index in [2.05, 4.69) is 6.07 Å². The van der Waals surface area contributed by atoms with E-state index in [0.29, 0.717) is 5.75 Å². The third-order valence-electron chi connectivity index (χ3n) is 1.23. The van der Waals surface area contributed by atoms with Crippen LogP contribution >= 0.6 is 0 Å². The monoisotopic (exact) mass is 164 g/mol. The number of carbonyl (C=O) groups excluding carboxylic acids is 1. The fraction of sp³-hybridized carbons (Fsp3) is 0.125. The Morgan fingerprint density at radius 1 is 1.54 bits per heavy atom. The maximum Gasteiger partial charge on any atom is 1.00 e. The Bertz CT molecular complexity index is 276. The van der Waals surface area contributed by atoms with Gasteiger partial charge in [-0.05, 0) is 5.97 Å². The van der Waals surface area contributed by atoms with E-state index in [-0.39, 0.29) is 43.3 Å². The number of hydrogen-bond donors (Lipinski definition) is 0. The molecular formula is C8H6Li2O3. The van der Waals surface area contributed by atoms with Crippen LogP contribution in [0.4, 0.5) is 0 Å². The second-order valence-corrected chi connectivity index (χ2v) is 1.93. The molecule has 0 amide bonds. The van der Waals surface area contributed by atoms with Crippen molar-refractivity contribution in [3.8, 4) is 5.75 Å². The number of carboxylic acid groups (broad SMARTS) is 1. The zero-order valence-corrected chi connectivity index (χ0v) is 7.96. The molecule has 0 radical (unpaired) electrons. The third-order valence-corrected chi connectivity index (χ3v) is 1.23. The molecule has 0 aliphatic heterocycles. The average Bonchev–Trinajstić information content (AvgIpc) is 2.05. The van der Waals surface area contributed by atoms with Crippen molar-refractivity contribution in [2.24, 2.45) is 0 Å². The first-order chi connectivity index (χ1) is 5.24. The summed E-state index contributed by atoms with van der Waals surface area (Å²) in [6.07, 6.45) is 0. The minimum atomic E-state index is -1.25. The standard InChI is InChI=1S/C8H7O3.2Li/c1-11-7-4-2-3-6(5-7)8(9)10;;/h2,4-5H,1H3,(H,9,10);;/q-1;2*+1/p-1. The molecule has 0 fully saturated rings. The van der Waals surface area contributed by atoms with Crippen LogP contribution in [0.15, 0.2) is 18.2 Å². The Morgan fingerprint density at radius 3 is 2.62 bits per heavy atom. The minimum Gasteiger partial charge on any atom is -0.603 e. The molecule has 0 unspecified atom stereocenters. The first-order valence-electron chi connectivity index (χ1n) is 3.01. The molecule has 0 bridgehead atoms. The Labute approximate surface area is 101 Å². The van der Waals surface area contributed by atoms with Crippen LogP contribution in [0.2, 0.25) is 0 Å². The number of ether oxygens (including phenoxy) is 1. The van der Waals surface area contributed by atoms with E-state index in [1.54, 1.807) is 6.07 Å². The number of methoxy groups -OCH3 is 1. The average molecular weight is 164 g/mol. The minimum absolute atomic E-state index is 0. The zero-order chi connectivity index (χ0) is 8.27. The van der Waals surface area contributed by atoms with Crippen molar-refractivity contribution >= 4 is 5.97 Å². The van der Waals surface area contributed by atoms with Crippen molar-refractivity contribution < 1.29 is 52.4 Å². The summed E-state index contributed by atoms with van der Waals surface area (Å²) < 4.78 is 4.79. The summed E-state index contributed by atoms with van der Waals surface area (Å²) in [5.41, 5.74) is 0.00403. The molecule has 0 spiro atoms. The number of benzene rings is 1. The summed E-state index contributed by atoms with van der Waals surface area (Å²) in [4.78, 5) is 10.3. The van der Waals surface area contributed by atoms with Crippen LogP contribution in [0.3, 0.4) is 0 Å². The molecule has 13 heavy (non-hydrogen) atoms. The largest absolute Gasteiger partial charge is 1.00 e. The summed E-state index contributed by atoms with van der Waals surface area (Å²) in [7, 11) is 1.47. The Kier molecular flexibility index (Phi) is 8.31. The van der Waals surface area contributed by atoms with Gasteiger partial charge in [0.05, 0.1) is 7.11 Å². The number of aromatic carboxylic acids is 1. The van der Waals surface area contributed by atoms with Gasteiger partial charge in [0.15, 0.2) is 0 Å². The number of rotatable bonds is 2. The number of carboxylic acids is 1. The topological polar surface area (TPSA) is 49.4 Å². The van der Waals surface area contributed by atoms with Crippen molar-refractivity contribution in [3.05, 3.63) is 29.8 Å².